The lowest BCUT2D eigenvalue weighted by Crippen LogP contribution is -2.61. The fourth-order valence-corrected chi connectivity index (χ4v) is 9.74. The van der Waals surface area contributed by atoms with Gasteiger partial charge < -0.3 is 18.9 Å². The summed E-state index contributed by atoms with van der Waals surface area (Å²) in [7, 11) is 0. The van der Waals surface area contributed by atoms with Gasteiger partial charge in [-0.3, -0.25) is 0 Å². The summed E-state index contributed by atoms with van der Waals surface area (Å²) in [6.07, 6.45) is 0. The molecule has 0 saturated heterocycles. The van der Waals surface area contributed by atoms with Gasteiger partial charge >= 0.3 is 0 Å². The molecule has 6 heterocycles. The Hall–Kier alpha value is -4.65. The monoisotopic (exact) mass is 574 g/mol. The van der Waals surface area contributed by atoms with Crippen LogP contribution >= 0.6 is 22.7 Å². The molecule has 0 saturated carbocycles. The van der Waals surface area contributed by atoms with Gasteiger partial charge in [-0.15, -0.1) is 22.7 Å². The van der Waals surface area contributed by atoms with Gasteiger partial charge in [-0.05, 0) is 60.1 Å². The van der Waals surface area contributed by atoms with Crippen LogP contribution in [-0.2, 0) is 0 Å². The van der Waals surface area contributed by atoms with Crippen molar-refractivity contribution in [3.63, 3.8) is 0 Å². The summed E-state index contributed by atoms with van der Waals surface area (Å²) in [4.78, 5) is 0. The molecule has 194 valence electrons. The topological polar surface area (TPSA) is 36.9 Å². The van der Waals surface area contributed by atoms with Crippen molar-refractivity contribution in [3.05, 3.63) is 97.1 Å². The van der Waals surface area contributed by atoms with E-state index in [1.54, 1.807) is 11.3 Å². The zero-order valence-corrected chi connectivity index (χ0v) is 23.5. The second-order valence-corrected chi connectivity index (χ2v) is 13.3. The van der Waals surface area contributed by atoms with Crippen molar-refractivity contribution in [3.8, 4) is 46.0 Å². The molecule has 42 heavy (non-hydrogen) atoms. The maximum atomic E-state index is 6.92. The van der Waals surface area contributed by atoms with E-state index in [0.29, 0.717) is 0 Å². The Morgan fingerprint density at radius 2 is 0.905 bits per heavy atom. The second-order valence-electron chi connectivity index (χ2n) is 11.1. The SMILES string of the molecule is c1cc2c3c(c1)Oc1c(sc4ccccc14)B3c1ccc3c(c1O2)B1c2sc4ccccc4c2Oc2cccc(c21)O3. The van der Waals surface area contributed by atoms with Gasteiger partial charge in [-0.2, -0.15) is 0 Å². The third kappa shape index (κ3) is 2.61. The van der Waals surface area contributed by atoms with Crippen LogP contribution in [0.4, 0.5) is 0 Å². The zero-order chi connectivity index (χ0) is 27.1. The first kappa shape index (κ1) is 22.0. The molecule has 0 radical (unpaired) electrons. The number of thiophene rings is 2. The number of fused-ring (bicyclic) bond motifs is 13. The van der Waals surface area contributed by atoms with Crippen molar-refractivity contribution in [1.82, 2.24) is 0 Å². The summed E-state index contributed by atoms with van der Waals surface area (Å²) in [5.41, 5.74) is 4.36. The Labute approximate surface area is 248 Å². The molecule has 0 spiro atoms. The fourth-order valence-electron chi connectivity index (χ4n) is 7.23. The van der Waals surface area contributed by atoms with Gasteiger partial charge in [0.05, 0.1) is 0 Å². The molecule has 4 aliphatic rings. The highest BCUT2D eigenvalue weighted by molar-refractivity contribution is 7.34. The van der Waals surface area contributed by atoms with Gasteiger partial charge in [0.25, 0.3) is 13.4 Å². The van der Waals surface area contributed by atoms with Crippen molar-refractivity contribution >= 4 is 87.7 Å². The summed E-state index contributed by atoms with van der Waals surface area (Å²) in [5, 5.41) is 2.29. The van der Waals surface area contributed by atoms with Crippen molar-refractivity contribution in [2.75, 3.05) is 0 Å². The van der Waals surface area contributed by atoms with Crippen molar-refractivity contribution in [2.24, 2.45) is 0 Å². The van der Waals surface area contributed by atoms with Crippen molar-refractivity contribution in [1.29, 1.82) is 0 Å². The van der Waals surface area contributed by atoms with Crippen LogP contribution in [0.15, 0.2) is 97.1 Å². The molecule has 0 unspecified atom stereocenters. The van der Waals surface area contributed by atoms with Gasteiger partial charge in [0, 0.05) is 46.1 Å². The molecule has 0 fully saturated rings. The molecular weight excluding hydrogens is 558 g/mol. The fraction of sp³-hybridized carbons (Fsp3) is 0. The molecule has 8 heteroatoms. The predicted molar refractivity (Wildman–Crippen MR) is 173 cm³/mol. The Bertz CT molecular complexity index is 2360. The molecule has 0 N–H and O–H groups in total. The first-order valence-electron chi connectivity index (χ1n) is 14.0. The summed E-state index contributed by atoms with van der Waals surface area (Å²) in [6.45, 7) is -0.0627. The van der Waals surface area contributed by atoms with Crippen LogP contribution in [0, 0.1) is 0 Å². The minimum absolute atomic E-state index is 0.00441. The zero-order valence-electron chi connectivity index (χ0n) is 21.8. The van der Waals surface area contributed by atoms with E-state index in [2.05, 4.69) is 78.9 Å². The first-order valence-corrected chi connectivity index (χ1v) is 15.6. The molecule has 4 aliphatic heterocycles. The smallest absolute Gasteiger partial charge is 0.278 e. The van der Waals surface area contributed by atoms with Gasteiger partial charge in [-0.25, -0.2) is 0 Å². The van der Waals surface area contributed by atoms with E-state index >= 15 is 0 Å². The molecular formula is C34H16B2O4S2. The largest absolute Gasteiger partial charge is 0.459 e. The van der Waals surface area contributed by atoms with Crippen LogP contribution in [0.1, 0.15) is 0 Å². The maximum absolute atomic E-state index is 6.92. The van der Waals surface area contributed by atoms with E-state index in [1.165, 1.54) is 19.0 Å². The van der Waals surface area contributed by atoms with Crippen LogP contribution in [0.25, 0.3) is 20.2 Å². The molecule has 5 aromatic carbocycles. The van der Waals surface area contributed by atoms with Crippen molar-refractivity contribution in [2.45, 2.75) is 0 Å². The molecule has 0 bridgehead atoms. The third-order valence-electron chi connectivity index (χ3n) is 8.95. The highest BCUT2D eigenvalue weighted by atomic mass is 32.1. The molecule has 7 aromatic rings. The summed E-state index contributed by atoms with van der Waals surface area (Å²) < 4.78 is 31.6. The third-order valence-corrected chi connectivity index (χ3v) is 11.4. The second kappa shape index (κ2) is 7.59. The molecule has 0 aliphatic carbocycles. The maximum Gasteiger partial charge on any atom is 0.278 e. The van der Waals surface area contributed by atoms with Gasteiger partial charge in [0.2, 0.25) is 0 Å². The lowest BCUT2D eigenvalue weighted by Gasteiger charge is -2.36. The Kier molecular flexibility index (Phi) is 3.98. The van der Waals surface area contributed by atoms with E-state index in [4.69, 9.17) is 18.9 Å². The Balaban J connectivity index is 1.22. The standard InChI is InChI=1S/C34H16B2O4S2/c1-3-13-25-17(7-1)30-33(41-25)35-19-15-16-24-29(32(19)40-22-11-6-10-21(38-30)27(22)35)36-28-20(37-24)9-5-12-23(28)39-31-18-8-2-4-14-26(18)42-34(31)36/h1-16H. The van der Waals surface area contributed by atoms with Crippen LogP contribution in [0.5, 0.6) is 46.0 Å². The van der Waals surface area contributed by atoms with Crippen LogP contribution < -0.4 is 50.4 Å². The van der Waals surface area contributed by atoms with Crippen molar-refractivity contribution < 1.29 is 18.9 Å². The highest BCUT2D eigenvalue weighted by Crippen LogP contribution is 2.44. The molecule has 11 rings (SSSR count). The van der Waals surface area contributed by atoms with E-state index in [0.717, 1.165) is 78.6 Å². The number of hydrogen-bond acceptors (Lipinski definition) is 6. The summed E-state index contributed by atoms with van der Waals surface area (Å²) >= 11 is 3.61. The number of rotatable bonds is 0. The predicted octanol–water partition coefficient (Wildman–Crippen LogP) is 5.57. The number of benzene rings is 5. The molecule has 0 amide bonds. The lowest BCUT2D eigenvalue weighted by molar-refractivity contribution is 0.455. The summed E-state index contributed by atoms with van der Waals surface area (Å²) in [6, 6.07) is 33.6. The normalized spacial score (nSPS) is 14.4. The minimum atomic E-state index is -0.0671. The van der Waals surface area contributed by atoms with Crippen LogP contribution in [0.3, 0.4) is 0 Å². The molecule has 4 nitrogen and oxygen atoms in total. The van der Waals surface area contributed by atoms with Gasteiger partial charge in [-0.1, -0.05) is 42.5 Å². The van der Waals surface area contributed by atoms with E-state index in [-0.39, 0.29) is 13.4 Å². The van der Waals surface area contributed by atoms with E-state index in [9.17, 15) is 0 Å². The minimum Gasteiger partial charge on any atom is -0.459 e. The van der Waals surface area contributed by atoms with E-state index < -0.39 is 0 Å². The first-order chi connectivity index (χ1) is 20.8. The number of hydrogen-bond donors (Lipinski definition) is 0. The molecule has 0 atom stereocenters. The average Bonchev–Trinajstić information content (AvgIpc) is 3.59. The Morgan fingerprint density at radius 1 is 0.405 bits per heavy atom. The van der Waals surface area contributed by atoms with Crippen LogP contribution in [-0.4, -0.2) is 13.4 Å². The van der Waals surface area contributed by atoms with Gasteiger partial charge in [0.15, 0.2) is 0 Å². The Morgan fingerprint density at radius 3 is 1.55 bits per heavy atom. The molecule has 2 aromatic heterocycles. The average molecular weight is 574 g/mol. The lowest BCUT2D eigenvalue weighted by atomic mass is 9.33. The quantitative estimate of drug-likeness (QED) is 0.222. The van der Waals surface area contributed by atoms with E-state index in [1.807, 2.05) is 29.5 Å². The summed E-state index contributed by atoms with van der Waals surface area (Å²) in [5.74, 6) is 6.98. The van der Waals surface area contributed by atoms with Crippen LogP contribution in [0.2, 0.25) is 0 Å². The number of ether oxygens (including phenoxy) is 4. The van der Waals surface area contributed by atoms with Gasteiger partial charge in [0.1, 0.15) is 46.0 Å². The highest BCUT2D eigenvalue weighted by Gasteiger charge is 2.48.